The van der Waals surface area contributed by atoms with Crippen molar-refractivity contribution < 1.29 is 20.4 Å². The number of phenolic OH excluding ortho intramolecular Hbond substituents is 2. The summed E-state index contributed by atoms with van der Waals surface area (Å²) in [7, 11) is 0. The molecule has 22 heavy (non-hydrogen) atoms. The van der Waals surface area contributed by atoms with Crippen molar-refractivity contribution in [3.05, 3.63) is 73.2 Å². The van der Waals surface area contributed by atoms with E-state index >= 15 is 0 Å². The van der Waals surface area contributed by atoms with Crippen LogP contribution in [0.15, 0.2) is 73.2 Å². The van der Waals surface area contributed by atoms with E-state index in [9.17, 15) is 0 Å². The van der Waals surface area contributed by atoms with Crippen molar-refractivity contribution in [2.75, 3.05) is 0 Å². The van der Waals surface area contributed by atoms with Crippen LogP contribution in [0.2, 0.25) is 0 Å². The van der Waals surface area contributed by atoms with Gasteiger partial charge in [0, 0.05) is 0 Å². The molecule has 0 saturated heterocycles. The van der Waals surface area contributed by atoms with Crippen molar-refractivity contribution in [3.63, 3.8) is 0 Å². The molecule has 0 bridgehead atoms. The number of benzene rings is 2. The van der Waals surface area contributed by atoms with Gasteiger partial charge in [-0.1, -0.05) is 39.1 Å². The first-order valence-corrected chi connectivity index (χ1v) is 6.74. The fourth-order valence-corrected chi connectivity index (χ4v) is 1.41. The number of aliphatic hydroxyl groups is 2. The summed E-state index contributed by atoms with van der Waals surface area (Å²) in [4.78, 5) is 0. The van der Waals surface area contributed by atoms with Crippen LogP contribution < -0.4 is 0 Å². The molecule has 0 aliphatic carbocycles. The normalized spacial score (nSPS) is 9.36. The molecule has 0 aliphatic heterocycles. The smallest absolute Gasteiger partial charge is 0.116 e. The van der Waals surface area contributed by atoms with Crippen molar-refractivity contribution in [2.45, 2.75) is 13.8 Å². The number of rotatable bonds is 2. The van der Waals surface area contributed by atoms with Gasteiger partial charge in [0.05, 0.1) is 0 Å². The molecule has 0 saturated carbocycles. The molecule has 0 spiro atoms. The Balaban J connectivity index is 0.000000388. The SMILES string of the molecule is C=C(O)/C=C\C(=C)O.CC.Oc1ccc2ccc(O)cc2c1. The molecule has 4 N–H and O–H groups in total. The van der Waals surface area contributed by atoms with Crippen LogP contribution in [-0.4, -0.2) is 20.4 Å². The van der Waals surface area contributed by atoms with Crippen LogP contribution in [0.1, 0.15) is 13.8 Å². The van der Waals surface area contributed by atoms with Crippen LogP contribution in [0.25, 0.3) is 10.8 Å². The Morgan fingerprint density at radius 2 is 1.14 bits per heavy atom. The van der Waals surface area contributed by atoms with E-state index in [0.29, 0.717) is 0 Å². The lowest BCUT2D eigenvalue weighted by molar-refractivity contribution is 0.425. The number of aromatic hydroxyl groups is 2. The molecule has 0 unspecified atom stereocenters. The van der Waals surface area contributed by atoms with E-state index in [1.54, 1.807) is 24.3 Å². The first-order valence-electron chi connectivity index (χ1n) is 6.74. The van der Waals surface area contributed by atoms with Crippen LogP contribution in [0, 0.1) is 0 Å². The molecular formula is C18H22O4. The Hall–Kier alpha value is -2.88. The lowest BCUT2D eigenvalue weighted by atomic mass is 10.1. The van der Waals surface area contributed by atoms with E-state index in [4.69, 9.17) is 20.4 Å². The van der Waals surface area contributed by atoms with Gasteiger partial charge in [-0.2, -0.15) is 0 Å². The average molecular weight is 302 g/mol. The third kappa shape index (κ3) is 7.65. The van der Waals surface area contributed by atoms with Gasteiger partial charge in [-0.3, -0.25) is 0 Å². The van der Waals surface area contributed by atoms with Crippen molar-refractivity contribution in [2.24, 2.45) is 0 Å². The fourth-order valence-electron chi connectivity index (χ4n) is 1.41. The maximum atomic E-state index is 9.14. The molecule has 0 aliphatic rings. The minimum absolute atomic E-state index is 0.0970. The molecule has 0 atom stereocenters. The predicted octanol–water partition coefficient (Wildman–Crippen LogP) is 4.96. The second-order valence-electron chi connectivity index (χ2n) is 4.03. The first kappa shape index (κ1) is 19.1. The number of phenols is 2. The summed E-state index contributed by atoms with van der Waals surface area (Å²) < 4.78 is 0. The van der Waals surface area contributed by atoms with E-state index < -0.39 is 0 Å². The summed E-state index contributed by atoms with van der Waals surface area (Å²) in [6.45, 7) is 10.3. The number of hydrogen-bond donors (Lipinski definition) is 4. The molecular weight excluding hydrogens is 280 g/mol. The minimum Gasteiger partial charge on any atom is -0.509 e. The summed E-state index contributed by atoms with van der Waals surface area (Å²) in [5.74, 6) is 0.238. The van der Waals surface area contributed by atoms with Gasteiger partial charge in [0.15, 0.2) is 0 Å². The Morgan fingerprint density at radius 1 is 0.773 bits per heavy atom. The average Bonchev–Trinajstić information content (AvgIpc) is 2.47. The number of fused-ring (bicyclic) bond motifs is 1. The summed E-state index contributed by atoms with van der Waals surface area (Å²) in [5.41, 5.74) is 0. The van der Waals surface area contributed by atoms with Crippen molar-refractivity contribution in [1.82, 2.24) is 0 Å². The monoisotopic (exact) mass is 302 g/mol. The maximum Gasteiger partial charge on any atom is 0.116 e. The van der Waals surface area contributed by atoms with Gasteiger partial charge in [0.25, 0.3) is 0 Å². The van der Waals surface area contributed by atoms with E-state index in [0.717, 1.165) is 10.8 Å². The van der Waals surface area contributed by atoms with Gasteiger partial charge < -0.3 is 20.4 Å². The van der Waals surface area contributed by atoms with E-state index in [1.165, 1.54) is 12.2 Å². The van der Waals surface area contributed by atoms with Crippen molar-refractivity contribution in [3.8, 4) is 11.5 Å². The van der Waals surface area contributed by atoms with Crippen LogP contribution in [0.5, 0.6) is 11.5 Å². The molecule has 118 valence electrons. The number of aliphatic hydroxyl groups excluding tert-OH is 2. The lowest BCUT2D eigenvalue weighted by Crippen LogP contribution is -1.71. The van der Waals surface area contributed by atoms with Crippen LogP contribution in [0.4, 0.5) is 0 Å². The Labute approximate surface area is 130 Å². The van der Waals surface area contributed by atoms with Gasteiger partial charge >= 0.3 is 0 Å². The standard InChI is InChI=1S/C10H8O2.C6H8O2.C2H6/c11-9-3-1-7-2-4-10(12)6-8(7)5-9;1-5(7)3-4-6(2)8;1-2/h1-6,11-12H;3-4,7-8H,1-2H2;1-2H3/b;4-3-;. The molecule has 0 fully saturated rings. The highest BCUT2D eigenvalue weighted by Crippen LogP contribution is 2.23. The second-order valence-corrected chi connectivity index (χ2v) is 4.03. The van der Waals surface area contributed by atoms with Crippen molar-refractivity contribution >= 4 is 10.8 Å². The highest BCUT2D eigenvalue weighted by molar-refractivity contribution is 5.84. The van der Waals surface area contributed by atoms with Crippen LogP contribution >= 0.6 is 0 Å². The third-order valence-electron chi connectivity index (χ3n) is 2.28. The van der Waals surface area contributed by atoms with Crippen LogP contribution in [0.3, 0.4) is 0 Å². The zero-order chi connectivity index (χ0) is 17.1. The summed E-state index contributed by atoms with van der Waals surface area (Å²) in [6, 6.07) is 10.1. The molecule has 2 rings (SSSR count). The van der Waals surface area contributed by atoms with E-state index in [-0.39, 0.29) is 23.0 Å². The Morgan fingerprint density at radius 3 is 1.45 bits per heavy atom. The molecule has 0 amide bonds. The zero-order valence-electron chi connectivity index (χ0n) is 12.8. The molecule has 4 nitrogen and oxygen atoms in total. The molecule has 0 heterocycles. The topological polar surface area (TPSA) is 80.9 Å². The lowest BCUT2D eigenvalue weighted by Gasteiger charge is -1.98. The van der Waals surface area contributed by atoms with Gasteiger partial charge in [-0.25, -0.2) is 0 Å². The largest absolute Gasteiger partial charge is 0.509 e. The second kappa shape index (κ2) is 9.94. The zero-order valence-corrected chi connectivity index (χ0v) is 12.8. The van der Waals surface area contributed by atoms with E-state index in [2.05, 4.69) is 13.2 Å². The minimum atomic E-state index is -0.0970. The molecule has 0 radical (unpaired) electrons. The highest BCUT2D eigenvalue weighted by atomic mass is 16.3. The molecule has 2 aromatic rings. The van der Waals surface area contributed by atoms with Gasteiger partial charge in [-0.15, -0.1) is 0 Å². The van der Waals surface area contributed by atoms with Gasteiger partial charge in [0.2, 0.25) is 0 Å². The van der Waals surface area contributed by atoms with Gasteiger partial charge in [0.1, 0.15) is 23.0 Å². The van der Waals surface area contributed by atoms with Crippen molar-refractivity contribution in [1.29, 1.82) is 0 Å². The predicted molar refractivity (Wildman–Crippen MR) is 91.3 cm³/mol. The van der Waals surface area contributed by atoms with Crippen LogP contribution in [-0.2, 0) is 0 Å². The molecule has 0 aromatic heterocycles. The third-order valence-corrected chi connectivity index (χ3v) is 2.28. The quantitative estimate of drug-likeness (QED) is 0.466. The number of hydrogen-bond acceptors (Lipinski definition) is 4. The Bertz CT molecular complexity index is 604. The first-order chi connectivity index (χ1) is 10.4. The molecule has 4 heteroatoms. The Kier molecular flexibility index (Phi) is 8.63. The maximum absolute atomic E-state index is 9.14. The van der Waals surface area contributed by atoms with E-state index in [1.807, 2.05) is 26.0 Å². The summed E-state index contributed by atoms with van der Waals surface area (Å²) in [5, 5.41) is 36.9. The fraction of sp³-hybridized carbons (Fsp3) is 0.111. The van der Waals surface area contributed by atoms with Gasteiger partial charge in [-0.05, 0) is 47.2 Å². The summed E-state index contributed by atoms with van der Waals surface area (Å²) >= 11 is 0. The summed E-state index contributed by atoms with van der Waals surface area (Å²) in [6.07, 6.45) is 2.50. The molecule has 2 aromatic carbocycles. The highest BCUT2D eigenvalue weighted by Gasteiger charge is 1.95. The number of allylic oxidation sites excluding steroid dienone is 2.